The summed E-state index contributed by atoms with van der Waals surface area (Å²) in [4.78, 5) is 9.12. The Bertz CT molecular complexity index is 1120. The Labute approximate surface area is 153 Å². The molecule has 0 radical (unpaired) electrons. The summed E-state index contributed by atoms with van der Waals surface area (Å²) in [5.74, 6) is 1.40. The Morgan fingerprint density at radius 3 is 2.62 bits per heavy atom. The second kappa shape index (κ2) is 6.42. The first-order valence-electron chi connectivity index (χ1n) is 8.09. The standard InChI is InChI=1S/C19H18N4O2S/c1-13-17(25-2)8-9-20-18(13)23-16-7-6-14(22-10-4-5-11-22)12-15(16)21-19(23)26(3)24/h4-12H,1-3H3. The van der Waals surface area contributed by atoms with Crippen LogP contribution in [0.1, 0.15) is 5.56 Å². The maximum atomic E-state index is 12.4. The number of aromatic nitrogens is 4. The number of imidazole rings is 1. The third-order valence-electron chi connectivity index (χ3n) is 4.33. The third-order valence-corrected chi connectivity index (χ3v) is 5.11. The van der Waals surface area contributed by atoms with Crippen molar-refractivity contribution < 1.29 is 8.95 Å². The third kappa shape index (κ3) is 2.61. The number of hydrogen-bond donors (Lipinski definition) is 0. The molecular weight excluding hydrogens is 348 g/mol. The molecule has 0 spiro atoms. The Morgan fingerprint density at radius 2 is 1.92 bits per heavy atom. The maximum Gasteiger partial charge on any atom is 0.205 e. The van der Waals surface area contributed by atoms with Crippen LogP contribution in [0.3, 0.4) is 0 Å². The van der Waals surface area contributed by atoms with Crippen LogP contribution in [0.25, 0.3) is 22.5 Å². The minimum absolute atomic E-state index is 0.466. The number of benzene rings is 1. The van der Waals surface area contributed by atoms with Crippen LogP contribution >= 0.6 is 0 Å². The van der Waals surface area contributed by atoms with Crippen molar-refractivity contribution in [3.05, 3.63) is 60.6 Å². The largest absolute Gasteiger partial charge is 0.496 e. The molecule has 0 aliphatic rings. The monoisotopic (exact) mass is 366 g/mol. The molecule has 0 saturated carbocycles. The van der Waals surface area contributed by atoms with Crippen molar-refractivity contribution in [1.82, 2.24) is 19.1 Å². The summed E-state index contributed by atoms with van der Waals surface area (Å²) in [6.45, 7) is 1.93. The molecule has 3 heterocycles. The van der Waals surface area contributed by atoms with Gasteiger partial charge in [-0.05, 0) is 43.3 Å². The van der Waals surface area contributed by atoms with Gasteiger partial charge in [0.1, 0.15) is 11.6 Å². The van der Waals surface area contributed by atoms with Crippen molar-refractivity contribution >= 4 is 21.8 Å². The fourth-order valence-electron chi connectivity index (χ4n) is 3.07. The average Bonchev–Trinajstić information content (AvgIpc) is 3.29. The molecule has 0 fully saturated rings. The van der Waals surface area contributed by atoms with E-state index in [1.54, 1.807) is 19.6 Å². The SMILES string of the molecule is COc1ccnc(-n2c(S(C)=O)nc3cc(-n4cccc4)ccc32)c1C. The highest BCUT2D eigenvalue weighted by atomic mass is 32.2. The average molecular weight is 366 g/mol. The van der Waals surface area contributed by atoms with Crippen molar-refractivity contribution in [1.29, 1.82) is 0 Å². The van der Waals surface area contributed by atoms with E-state index >= 15 is 0 Å². The van der Waals surface area contributed by atoms with E-state index in [9.17, 15) is 4.21 Å². The van der Waals surface area contributed by atoms with Gasteiger partial charge in [-0.2, -0.15) is 0 Å². The Hall–Kier alpha value is -2.93. The van der Waals surface area contributed by atoms with Gasteiger partial charge < -0.3 is 9.30 Å². The van der Waals surface area contributed by atoms with E-state index < -0.39 is 10.8 Å². The van der Waals surface area contributed by atoms with E-state index in [2.05, 4.69) is 9.97 Å². The van der Waals surface area contributed by atoms with Gasteiger partial charge in [0, 0.05) is 36.1 Å². The molecule has 0 N–H and O–H groups in total. The summed E-state index contributed by atoms with van der Waals surface area (Å²) in [7, 11) is 0.356. The number of rotatable bonds is 4. The van der Waals surface area contributed by atoms with Crippen molar-refractivity contribution in [3.63, 3.8) is 0 Å². The van der Waals surface area contributed by atoms with Gasteiger partial charge >= 0.3 is 0 Å². The number of nitrogens with zero attached hydrogens (tertiary/aromatic N) is 4. The van der Waals surface area contributed by atoms with Crippen LogP contribution in [-0.2, 0) is 10.8 Å². The van der Waals surface area contributed by atoms with Crippen molar-refractivity contribution in [2.24, 2.45) is 0 Å². The first-order valence-corrected chi connectivity index (χ1v) is 9.65. The number of methoxy groups -OCH3 is 1. The first kappa shape index (κ1) is 16.5. The van der Waals surface area contributed by atoms with Gasteiger partial charge in [0.2, 0.25) is 5.16 Å². The summed E-state index contributed by atoms with van der Waals surface area (Å²) in [6.07, 6.45) is 7.26. The lowest BCUT2D eigenvalue weighted by molar-refractivity contribution is 0.410. The van der Waals surface area contributed by atoms with Crippen molar-refractivity contribution in [2.75, 3.05) is 13.4 Å². The van der Waals surface area contributed by atoms with Crippen LogP contribution in [-0.4, -0.2) is 36.7 Å². The summed E-state index contributed by atoms with van der Waals surface area (Å²) < 4.78 is 21.6. The van der Waals surface area contributed by atoms with Crippen LogP contribution in [0, 0.1) is 6.92 Å². The quantitative estimate of drug-likeness (QED) is 0.556. The van der Waals surface area contributed by atoms with E-state index in [0.717, 1.165) is 28.0 Å². The van der Waals surface area contributed by atoms with Crippen molar-refractivity contribution in [2.45, 2.75) is 12.1 Å². The van der Waals surface area contributed by atoms with E-state index in [1.807, 2.05) is 64.8 Å². The van der Waals surface area contributed by atoms with Crippen LogP contribution in [0.4, 0.5) is 0 Å². The number of ether oxygens (including phenoxy) is 1. The number of pyridine rings is 1. The van der Waals surface area contributed by atoms with Gasteiger partial charge in [-0.25, -0.2) is 9.97 Å². The Morgan fingerprint density at radius 1 is 1.15 bits per heavy atom. The maximum absolute atomic E-state index is 12.4. The highest BCUT2D eigenvalue weighted by Crippen LogP contribution is 2.29. The molecule has 0 amide bonds. The fourth-order valence-corrected chi connectivity index (χ4v) is 3.73. The second-order valence-electron chi connectivity index (χ2n) is 5.91. The first-order chi connectivity index (χ1) is 12.6. The van der Waals surface area contributed by atoms with Crippen LogP contribution in [0.5, 0.6) is 5.75 Å². The van der Waals surface area contributed by atoms with Gasteiger partial charge in [0.05, 0.1) is 28.9 Å². The van der Waals surface area contributed by atoms with Gasteiger partial charge in [-0.15, -0.1) is 0 Å². The lowest BCUT2D eigenvalue weighted by Gasteiger charge is -2.12. The van der Waals surface area contributed by atoms with Gasteiger partial charge in [-0.1, -0.05) is 0 Å². The van der Waals surface area contributed by atoms with Crippen LogP contribution < -0.4 is 4.74 Å². The van der Waals surface area contributed by atoms with Gasteiger partial charge in [-0.3, -0.25) is 8.78 Å². The van der Waals surface area contributed by atoms with Crippen LogP contribution in [0.2, 0.25) is 0 Å². The molecule has 4 aromatic rings. The summed E-state index contributed by atoms with van der Waals surface area (Å²) in [5.41, 5.74) is 3.49. The molecule has 0 aliphatic carbocycles. The van der Waals surface area contributed by atoms with E-state index in [-0.39, 0.29) is 0 Å². The van der Waals surface area contributed by atoms with Crippen LogP contribution in [0.15, 0.2) is 60.1 Å². The van der Waals surface area contributed by atoms with Gasteiger partial charge in [0.25, 0.3) is 0 Å². The molecule has 4 rings (SSSR count). The number of fused-ring (bicyclic) bond motifs is 1. The topological polar surface area (TPSA) is 61.9 Å². The van der Waals surface area contributed by atoms with Gasteiger partial charge in [0.15, 0.2) is 0 Å². The zero-order valence-electron chi connectivity index (χ0n) is 14.7. The molecule has 6 nitrogen and oxygen atoms in total. The lowest BCUT2D eigenvalue weighted by Crippen LogP contribution is -2.07. The molecule has 1 aromatic carbocycles. The molecule has 1 unspecified atom stereocenters. The molecular formula is C19H18N4O2S. The smallest absolute Gasteiger partial charge is 0.205 e. The van der Waals surface area contributed by atoms with E-state index in [1.165, 1.54) is 0 Å². The fraction of sp³-hybridized carbons (Fsp3) is 0.158. The second-order valence-corrected chi connectivity index (χ2v) is 7.18. The van der Waals surface area contributed by atoms with E-state index in [4.69, 9.17) is 4.74 Å². The molecule has 3 aromatic heterocycles. The Balaban J connectivity index is 1.99. The summed E-state index contributed by atoms with van der Waals surface area (Å²) in [5, 5.41) is 0.466. The molecule has 26 heavy (non-hydrogen) atoms. The predicted molar refractivity (Wildman–Crippen MR) is 102 cm³/mol. The molecule has 1 atom stereocenters. The van der Waals surface area contributed by atoms with E-state index in [0.29, 0.717) is 11.0 Å². The summed E-state index contributed by atoms with van der Waals surface area (Å²) in [6, 6.07) is 11.7. The molecule has 0 saturated heterocycles. The molecule has 0 aliphatic heterocycles. The zero-order chi connectivity index (χ0) is 18.3. The number of hydrogen-bond acceptors (Lipinski definition) is 4. The predicted octanol–water partition coefficient (Wildman–Crippen LogP) is 3.27. The molecule has 7 heteroatoms. The molecule has 0 bridgehead atoms. The molecule has 132 valence electrons. The Kier molecular flexibility index (Phi) is 4.08. The highest BCUT2D eigenvalue weighted by Gasteiger charge is 2.19. The zero-order valence-corrected chi connectivity index (χ0v) is 15.5. The normalized spacial score (nSPS) is 12.4. The minimum atomic E-state index is -1.27. The van der Waals surface area contributed by atoms with Crippen molar-refractivity contribution in [3.8, 4) is 17.3 Å². The highest BCUT2D eigenvalue weighted by molar-refractivity contribution is 7.84. The minimum Gasteiger partial charge on any atom is -0.496 e. The summed E-state index contributed by atoms with van der Waals surface area (Å²) >= 11 is 0. The lowest BCUT2D eigenvalue weighted by atomic mass is 10.2.